The highest BCUT2D eigenvalue weighted by atomic mass is 127. The molecular formula is C12H9ClINO2S. The molecule has 0 fully saturated rings. The summed E-state index contributed by atoms with van der Waals surface area (Å²) in [7, 11) is 0. The van der Waals surface area contributed by atoms with Crippen LogP contribution in [0.4, 0.5) is 0 Å². The molecule has 18 heavy (non-hydrogen) atoms. The van der Waals surface area contributed by atoms with Crippen LogP contribution >= 0.6 is 45.5 Å². The Morgan fingerprint density at radius 3 is 2.83 bits per heavy atom. The first-order valence-corrected chi connectivity index (χ1v) is 7.34. The molecule has 0 atom stereocenters. The van der Waals surface area contributed by atoms with E-state index in [4.69, 9.17) is 11.6 Å². The zero-order valence-corrected chi connectivity index (χ0v) is 12.8. The van der Waals surface area contributed by atoms with Crippen LogP contribution in [-0.2, 0) is 6.54 Å². The number of rotatable bonds is 3. The summed E-state index contributed by atoms with van der Waals surface area (Å²) in [5.74, 6) is -0.312. The number of phenolic OH excluding ortho intramolecular Hbond substituents is 1. The normalized spacial score (nSPS) is 10.3. The van der Waals surface area contributed by atoms with Gasteiger partial charge in [0, 0.05) is 8.45 Å². The van der Waals surface area contributed by atoms with E-state index in [9.17, 15) is 9.90 Å². The van der Waals surface area contributed by atoms with E-state index in [-0.39, 0.29) is 17.2 Å². The van der Waals surface area contributed by atoms with Crippen molar-refractivity contribution < 1.29 is 9.90 Å². The number of aromatic hydroxyl groups is 1. The molecule has 1 heterocycles. The fraction of sp³-hybridized carbons (Fsp3) is 0.0833. The van der Waals surface area contributed by atoms with Gasteiger partial charge in [0.15, 0.2) is 0 Å². The van der Waals surface area contributed by atoms with E-state index in [1.807, 2.05) is 6.07 Å². The van der Waals surface area contributed by atoms with Crippen LogP contribution in [0.15, 0.2) is 30.3 Å². The molecule has 2 rings (SSSR count). The second kappa shape index (κ2) is 5.90. The highest BCUT2D eigenvalue weighted by molar-refractivity contribution is 14.1. The molecule has 0 spiro atoms. The smallest absolute Gasteiger partial charge is 0.255 e. The number of thiophene rings is 1. The molecule has 0 radical (unpaired) electrons. The van der Waals surface area contributed by atoms with Crippen LogP contribution in [0.5, 0.6) is 5.75 Å². The standard InChI is InChI=1S/C12H9ClINO2S/c13-11-4-2-8(18-11)6-15-12(17)9-5-7(14)1-3-10(9)16/h1-5,16H,6H2,(H,15,17). The summed E-state index contributed by atoms with van der Waals surface area (Å²) in [6, 6.07) is 8.55. The molecule has 0 unspecified atom stereocenters. The largest absolute Gasteiger partial charge is 0.507 e. The molecule has 2 N–H and O–H groups in total. The van der Waals surface area contributed by atoms with Gasteiger partial charge in [0.1, 0.15) is 5.75 Å². The lowest BCUT2D eigenvalue weighted by Gasteiger charge is -2.06. The quantitative estimate of drug-likeness (QED) is 0.782. The molecule has 1 aromatic heterocycles. The Morgan fingerprint density at radius 1 is 1.39 bits per heavy atom. The van der Waals surface area contributed by atoms with E-state index >= 15 is 0 Å². The van der Waals surface area contributed by atoms with Crippen LogP contribution < -0.4 is 5.32 Å². The fourth-order valence-corrected chi connectivity index (χ4v) is 2.92. The molecule has 0 bridgehead atoms. The Morgan fingerprint density at radius 2 is 2.17 bits per heavy atom. The van der Waals surface area contributed by atoms with Crippen LogP contribution in [0, 0.1) is 3.57 Å². The first-order chi connectivity index (χ1) is 8.56. The fourth-order valence-electron chi connectivity index (χ4n) is 1.40. The van der Waals surface area contributed by atoms with Crippen LogP contribution in [0.3, 0.4) is 0 Å². The van der Waals surface area contributed by atoms with Gasteiger partial charge in [-0.05, 0) is 52.9 Å². The number of benzene rings is 1. The van der Waals surface area contributed by atoms with Gasteiger partial charge in [0.2, 0.25) is 0 Å². The number of hydrogen-bond donors (Lipinski definition) is 2. The van der Waals surface area contributed by atoms with Crippen molar-refractivity contribution in [2.24, 2.45) is 0 Å². The predicted molar refractivity (Wildman–Crippen MR) is 81.3 cm³/mol. The topological polar surface area (TPSA) is 49.3 Å². The van der Waals surface area contributed by atoms with Crippen molar-refractivity contribution in [1.82, 2.24) is 5.32 Å². The van der Waals surface area contributed by atoms with E-state index in [0.29, 0.717) is 10.9 Å². The second-order valence-electron chi connectivity index (χ2n) is 3.55. The zero-order valence-electron chi connectivity index (χ0n) is 9.11. The average molecular weight is 394 g/mol. The zero-order chi connectivity index (χ0) is 13.1. The number of halogens is 2. The Balaban J connectivity index is 2.05. The molecule has 1 aromatic carbocycles. The van der Waals surface area contributed by atoms with Gasteiger partial charge in [-0.2, -0.15) is 0 Å². The maximum atomic E-state index is 11.9. The molecule has 0 aliphatic rings. The summed E-state index contributed by atoms with van der Waals surface area (Å²) >= 11 is 9.31. The van der Waals surface area contributed by atoms with Crippen LogP contribution in [-0.4, -0.2) is 11.0 Å². The molecule has 94 valence electrons. The van der Waals surface area contributed by atoms with Gasteiger partial charge >= 0.3 is 0 Å². The Hall–Kier alpha value is -0.790. The number of nitrogens with one attached hydrogen (secondary N) is 1. The second-order valence-corrected chi connectivity index (χ2v) is 6.60. The average Bonchev–Trinajstić information content (AvgIpc) is 2.75. The van der Waals surface area contributed by atoms with Gasteiger partial charge in [0.25, 0.3) is 5.91 Å². The van der Waals surface area contributed by atoms with Gasteiger partial charge in [-0.3, -0.25) is 4.79 Å². The van der Waals surface area contributed by atoms with Crippen molar-refractivity contribution in [3.63, 3.8) is 0 Å². The van der Waals surface area contributed by atoms with E-state index in [0.717, 1.165) is 8.45 Å². The van der Waals surface area contributed by atoms with Gasteiger partial charge in [-0.15, -0.1) is 11.3 Å². The molecule has 0 aliphatic heterocycles. The van der Waals surface area contributed by atoms with E-state index < -0.39 is 0 Å². The maximum absolute atomic E-state index is 11.9. The first-order valence-electron chi connectivity index (χ1n) is 5.07. The van der Waals surface area contributed by atoms with Crippen molar-refractivity contribution in [2.75, 3.05) is 0 Å². The number of carbonyl (C=O) groups excluding carboxylic acids is 1. The van der Waals surface area contributed by atoms with Gasteiger partial charge < -0.3 is 10.4 Å². The third kappa shape index (κ3) is 3.37. The van der Waals surface area contributed by atoms with Gasteiger partial charge in [-0.1, -0.05) is 11.6 Å². The molecule has 3 nitrogen and oxygen atoms in total. The van der Waals surface area contributed by atoms with E-state index in [1.165, 1.54) is 17.4 Å². The van der Waals surface area contributed by atoms with E-state index in [2.05, 4.69) is 27.9 Å². The summed E-state index contributed by atoms with van der Waals surface area (Å²) in [6.45, 7) is 0.404. The molecule has 0 saturated carbocycles. The lowest BCUT2D eigenvalue weighted by molar-refractivity contribution is 0.0948. The Labute approximate surface area is 127 Å². The number of amides is 1. The summed E-state index contributed by atoms with van der Waals surface area (Å²) < 4.78 is 1.59. The Bertz CT molecular complexity index is 585. The lowest BCUT2D eigenvalue weighted by Crippen LogP contribution is -2.22. The van der Waals surface area contributed by atoms with Crippen molar-refractivity contribution in [3.05, 3.63) is 48.7 Å². The predicted octanol–water partition coefficient (Wildman–Crippen LogP) is 3.64. The summed E-state index contributed by atoms with van der Waals surface area (Å²) in [4.78, 5) is 12.9. The number of phenols is 1. The molecular weight excluding hydrogens is 385 g/mol. The molecule has 6 heteroatoms. The van der Waals surface area contributed by atoms with Gasteiger partial charge in [0.05, 0.1) is 16.4 Å². The number of carbonyl (C=O) groups is 1. The minimum Gasteiger partial charge on any atom is -0.507 e. The minimum atomic E-state index is -0.296. The summed E-state index contributed by atoms with van der Waals surface area (Å²) in [6.07, 6.45) is 0. The SMILES string of the molecule is O=C(NCc1ccc(Cl)s1)c1cc(I)ccc1O. The van der Waals surface area contributed by atoms with Crippen molar-refractivity contribution in [3.8, 4) is 5.75 Å². The van der Waals surface area contributed by atoms with Crippen LogP contribution in [0.2, 0.25) is 4.34 Å². The van der Waals surface area contributed by atoms with Crippen molar-refractivity contribution in [2.45, 2.75) is 6.54 Å². The monoisotopic (exact) mass is 393 g/mol. The third-order valence-corrected chi connectivity index (χ3v) is 4.16. The molecule has 1 amide bonds. The minimum absolute atomic E-state index is 0.0165. The van der Waals surface area contributed by atoms with Crippen molar-refractivity contribution in [1.29, 1.82) is 0 Å². The van der Waals surface area contributed by atoms with E-state index in [1.54, 1.807) is 18.2 Å². The third-order valence-electron chi connectivity index (χ3n) is 2.26. The molecule has 0 aliphatic carbocycles. The van der Waals surface area contributed by atoms with Crippen LogP contribution in [0.25, 0.3) is 0 Å². The maximum Gasteiger partial charge on any atom is 0.255 e. The van der Waals surface area contributed by atoms with Gasteiger partial charge in [-0.25, -0.2) is 0 Å². The first kappa shape index (κ1) is 13.6. The highest BCUT2D eigenvalue weighted by Gasteiger charge is 2.11. The summed E-state index contributed by atoms with van der Waals surface area (Å²) in [5.41, 5.74) is 0.282. The molecule has 2 aromatic rings. The molecule has 0 saturated heterocycles. The Kier molecular flexibility index (Phi) is 4.47. The van der Waals surface area contributed by atoms with Crippen molar-refractivity contribution >= 4 is 51.4 Å². The lowest BCUT2D eigenvalue weighted by atomic mass is 10.2. The highest BCUT2D eigenvalue weighted by Crippen LogP contribution is 2.22. The summed E-state index contributed by atoms with van der Waals surface area (Å²) in [5, 5.41) is 12.4. The van der Waals surface area contributed by atoms with Crippen LogP contribution in [0.1, 0.15) is 15.2 Å². The number of hydrogen-bond acceptors (Lipinski definition) is 3.